The molecule has 118 valence electrons. The Bertz CT molecular complexity index is 602. The number of rotatable bonds is 4. The third-order valence-corrected chi connectivity index (χ3v) is 5.30. The van der Waals surface area contributed by atoms with E-state index in [0.29, 0.717) is 17.7 Å². The summed E-state index contributed by atoms with van der Waals surface area (Å²) in [6.07, 6.45) is -5.41. The standard InChI is InChI=1S/C13H17F3N2O2S/c14-13(15,16)7-3-9-21(19,20)18-8-6-11(17)10-4-1-2-5-12(10)18/h1-2,4-5,11H,3,6-9,17H2. The monoisotopic (exact) mass is 322 g/mol. The molecule has 1 aliphatic rings. The van der Waals surface area contributed by atoms with Gasteiger partial charge >= 0.3 is 6.18 Å². The maximum absolute atomic E-state index is 12.3. The molecule has 1 heterocycles. The number of hydrogen-bond donors (Lipinski definition) is 1. The summed E-state index contributed by atoms with van der Waals surface area (Å²) in [4.78, 5) is 0. The van der Waals surface area contributed by atoms with Crippen molar-refractivity contribution < 1.29 is 21.6 Å². The van der Waals surface area contributed by atoms with E-state index < -0.39 is 34.8 Å². The number of sulfonamides is 1. The zero-order valence-corrected chi connectivity index (χ0v) is 12.1. The van der Waals surface area contributed by atoms with Gasteiger partial charge in [-0.25, -0.2) is 8.42 Å². The molecular formula is C13H17F3N2O2S. The number of alkyl halides is 3. The van der Waals surface area contributed by atoms with Crippen LogP contribution in [0.3, 0.4) is 0 Å². The molecule has 1 unspecified atom stereocenters. The lowest BCUT2D eigenvalue weighted by molar-refractivity contribution is -0.134. The van der Waals surface area contributed by atoms with E-state index in [1.54, 1.807) is 24.3 Å². The lowest BCUT2D eigenvalue weighted by Gasteiger charge is -2.33. The lowest BCUT2D eigenvalue weighted by Crippen LogP contribution is -2.39. The van der Waals surface area contributed by atoms with Crippen LogP contribution in [-0.2, 0) is 10.0 Å². The van der Waals surface area contributed by atoms with Crippen LogP contribution in [0.4, 0.5) is 18.9 Å². The van der Waals surface area contributed by atoms with Crippen LogP contribution in [0.15, 0.2) is 24.3 Å². The SMILES string of the molecule is NC1CCN(S(=O)(=O)CCCC(F)(F)F)c2ccccc21. The lowest BCUT2D eigenvalue weighted by atomic mass is 9.99. The summed E-state index contributed by atoms with van der Waals surface area (Å²) < 4.78 is 62.1. The van der Waals surface area contributed by atoms with E-state index >= 15 is 0 Å². The van der Waals surface area contributed by atoms with Gasteiger partial charge in [0.2, 0.25) is 10.0 Å². The molecule has 0 aliphatic carbocycles. The summed E-state index contributed by atoms with van der Waals surface area (Å²) in [6.45, 7) is 0.201. The summed E-state index contributed by atoms with van der Waals surface area (Å²) in [6, 6.07) is 6.59. The summed E-state index contributed by atoms with van der Waals surface area (Å²) in [7, 11) is -3.76. The van der Waals surface area contributed by atoms with Crippen molar-refractivity contribution in [3.63, 3.8) is 0 Å². The predicted octanol–water partition coefficient (Wildman–Crippen LogP) is 2.57. The van der Waals surface area contributed by atoms with Crippen molar-refractivity contribution in [2.24, 2.45) is 5.73 Å². The van der Waals surface area contributed by atoms with E-state index in [1.807, 2.05) is 0 Å². The van der Waals surface area contributed by atoms with E-state index in [2.05, 4.69) is 0 Å². The van der Waals surface area contributed by atoms with Gasteiger partial charge in [-0.1, -0.05) is 18.2 Å². The molecule has 8 heteroatoms. The van der Waals surface area contributed by atoms with Crippen LogP contribution < -0.4 is 10.0 Å². The highest BCUT2D eigenvalue weighted by atomic mass is 32.2. The molecule has 0 aromatic heterocycles. The second-order valence-electron chi connectivity index (χ2n) is 5.06. The first-order valence-corrected chi connectivity index (χ1v) is 8.23. The normalized spacial score (nSPS) is 19.4. The van der Waals surface area contributed by atoms with Crippen LogP contribution in [0.1, 0.15) is 30.9 Å². The number of nitrogens with two attached hydrogens (primary N) is 1. The van der Waals surface area contributed by atoms with Gasteiger partial charge in [0, 0.05) is 19.0 Å². The van der Waals surface area contributed by atoms with Gasteiger partial charge in [-0.15, -0.1) is 0 Å². The van der Waals surface area contributed by atoms with Crippen molar-refractivity contribution >= 4 is 15.7 Å². The van der Waals surface area contributed by atoms with E-state index in [9.17, 15) is 21.6 Å². The number of hydrogen-bond acceptors (Lipinski definition) is 3. The number of benzene rings is 1. The van der Waals surface area contributed by atoms with Crippen LogP contribution in [0.2, 0.25) is 0 Å². The highest BCUT2D eigenvalue weighted by molar-refractivity contribution is 7.92. The maximum atomic E-state index is 12.3. The Balaban J connectivity index is 2.16. The molecule has 21 heavy (non-hydrogen) atoms. The van der Waals surface area contributed by atoms with Gasteiger partial charge in [-0.05, 0) is 24.5 Å². The fraction of sp³-hybridized carbons (Fsp3) is 0.538. The summed E-state index contributed by atoms with van der Waals surface area (Å²) in [5.74, 6) is -0.518. The quantitative estimate of drug-likeness (QED) is 0.926. The summed E-state index contributed by atoms with van der Waals surface area (Å²) >= 11 is 0. The second kappa shape index (κ2) is 5.84. The number of halogens is 3. The molecule has 2 rings (SSSR count). The van der Waals surface area contributed by atoms with Gasteiger partial charge in [-0.2, -0.15) is 13.2 Å². The Labute approximate surface area is 121 Å². The molecule has 1 aliphatic heterocycles. The van der Waals surface area contributed by atoms with Crippen LogP contribution in [0, 0.1) is 0 Å². The van der Waals surface area contributed by atoms with E-state index in [0.717, 1.165) is 0 Å². The molecule has 2 N–H and O–H groups in total. The Morgan fingerprint density at radius 2 is 1.95 bits per heavy atom. The van der Waals surface area contributed by atoms with E-state index in [4.69, 9.17) is 5.73 Å². The Morgan fingerprint density at radius 3 is 2.62 bits per heavy atom. The average molecular weight is 322 g/mol. The highest BCUT2D eigenvalue weighted by Crippen LogP contribution is 2.34. The minimum absolute atomic E-state index is 0.201. The van der Waals surface area contributed by atoms with Crippen LogP contribution >= 0.6 is 0 Å². The van der Waals surface area contributed by atoms with Crippen LogP contribution in [0.5, 0.6) is 0 Å². The predicted molar refractivity (Wildman–Crippen MR) is 74.4 cm³/mol. The van der Waals surface area contributed by atoms with Crippen molar-refractivity contribution in [3.8, 4) is 0 Å². The molecule has 1 atom stereocenters. The molecule has 4 nitrogen and oxygen atoms in total. The molecule has 0 saturated carbocycles. The van der Waals surface area contributed by atoms with Crippen molar-refractivity contribution in [1.29, 1.82) is 0 Å². The second-order valence-corrected chi connectivity index (χ2v) is 7.07. The van der Waals surface area contributed by atoms with Crippen molar-refractivity contribution in [1.82, 2.24) is 0 Å². The topological polar surface area (TPSA) is 63.4 Å². The smallest absolute Gasteiger partial charge is 0.324 e. The van der Waals surface area contributed by atoms with E-state index in [1.165, 1.54) is 4.31 Å². The Morgan fingerprint density at radius 1 is 1.29 bits per heavy atom. The van der Waals surface area contributed by atoms with Crippen molar-refractivity contribution in [3.05, 3.63) is 29.8 Å². The molecule has 0 radical (unpaired) electrons. The fourth-order valence-corrected chi connectivity index (χ4v) is 3.99. The van der Waals surface area contributed by atoms with Gasteiger partial charge in [0.1, 0.15) is 0 Å². The molecule has 0 bridgehead atoms. The molecular weight excluding hydrogens is 305 g/mol. The molecule has 1 aromatic carbocycles. The summed E-state index contributed by atoms with van der Waals surface area (Å²) in [5, 5.41) is 0. The molecule has 1 aromatic rings. The van der Waals surface area contributed by atoms with Gasteiger partial charge in [0.05, 0.1) is 11.4 Å². The highest BCUT2D eigenvalue weighted by Gasteiger charge is 2.32. The molecule has 0 fully saturated rings. The van der Waals surface area contributed by atoms with Gasteiger partial charge in [-0.3, -0.25) is 4.31 Å². The summed E-state index contributed by atoms with van der Waals surface area (Å²) in [5.41, 5.74) is 7.13. The largest absolute Gasteiger partial charge is 0.389 e. The number of anilines is 1. The first-order valence-electron chi connectivity index (χ1n) is 6.62. The maximum Gasteiger partial charge on any atom is 0.389 e. The van der Waals surface area contributed by atoms with Crippen molar-refractivity contribution in [2.75, 3.05) is 16.6 Å². The minimum atomic E-state index is -4.34. The zero-order valence-electron chi connectivity index (χ0n) is 11.3. The Hall–Kier alpha value is -1.28. The minimum Gasteiger partial charge on any atom is -0.324 e. The van der Waals surface area contributed by atoms with Gasteiger partial charge in [0.25, 0.3) is 0 Å². The fourth-order valence-electron chi connectivity index (χ4n) is 2.41. The van der Waals surface area contributed by atoms with Crippen LogP contribution in [0.25, 0.3) is 0 Å². The average Bonchev–Trinajstić information content (AvgIpc) is 2.37. The zero-order chi connectivity index (χ0) is 15.7. The first-order chi connectivity index (χ1) is 9.71. The molecule has 0 amide bonds. The number of fused-ring (bicyclic) bond motifs is 1. The Kier molecular flexibility index (Phi) is 4.48. The van der Waals surface area contributed by atoms with E-state index in [-0.39, 0.29) is 12.6 Å². The third kappa shape index (κ3) is 3.88. The number of para-hydroxylation sites is 1. The van der Waals surface area contributed by atoms with Crippen molar-refractivity contribution in [2.45, 2.75) is 31.5 Å². The molecule has 0 spiro atoms. The first kappa shape index (κ1) is 16.1. The van der Waals surface area contributed by atoms with Crippen LogP contribution in [-0.4, -0.2) is 26.9 Å². The molecule has 0 saturated heterocycles. The third-order valence-electron chi connectivity index (χ3n) is 3.45. The number of nitrogens with zero attached hydrogens (tertiary/aromatic N) is 1. The van der Waals surface area contributed by atoms with Gasteiger partial charge < -0.3 is 5.73 Å². The van der Waals surface area contributed by atoms with Gasteiger partial charge in [0.15, 0.2) is 0 Å².